The number of carboxylic acids is 1. The van der Waals surface area contributed by atoms with Crippen molar-refractivity contribution in [1.82, 2.24) is 0 Å². The number of rotatable bonds is 6. The lowest BCUT2D eigenvalue weighted by molar-refractivity contribution is -0.141. The summed E-state index contributed by atoms with van der Waals surface area (Å²) < 4.78 is 0. The van der Waals surface area contributed by atoms with E-state index in [2.05, 4.69) is 0 Å². The van der Waals surface area contributed by atoms with Crippen LogP contribution in [-0.4, -0.2) is 11.1 Å². The number of aliphatic carboxylic acids is 1. The van der Waals surface area contributed by atoms with Gasteiger partial charge in [-0.25, -0.2) is 0 Å². The van der Waals surface area contributed by atoms with Crippen molar-refractivity contribution in [3.63, 3.8) is 0 Å². The Hall–Kier alpha value is -2.35. The van der Waals surface area contributed by atoms with Crippen LogP contribution in [0.2, 0.25) is 0 Å². The van der Waals surface area contributed by atoms with E-state index < -0.39 is 5.97 Å². The van der Waals surface area contributed by atoms with Crippen molar-refractivity contribution in [2.24, 2.45) is 5.92 Å². The van der Waals surface area contributed by atoms with Gasteiger partial charge in [0.25, 0.3) is 0 Å². The van der Waals surface area contributed by atoms with Crippen molar-refractivity contribution in [1.29, 1.82) is 0 Å². The number of hydrogen-bond donors (Lipinski definition) is 1. The second-order valence-electron chi connectivity index (χ2n) is 4.77. The van der Waals surface area contributed by atoms with Gasteiger partial charge in [-0.15, -0.1) is 0 Å². The summed E-state index contributed by atoms with van der Waals surface area (Å²) in [4.78, 5) is 11.3. The first-order valence-electron chi connectivity index (χ1n) is 6.74. The Labute approximate surface area is 119 Å². The highest BCUT2D eigenvalue weighted by molar-refractivity contribution is 5.71. The number of hydrogen-bond acceptors (Lipinski definition) is 1. The minimum atomic E-state index is -0.744. The lowest BCUT2D eigenvalue weighted by Crippen LogP contribution is -2.15. The van der Waals surface area contributed by atoms with Crippen molar-refractivity contribution in [2.75, 3.05) is 0 Å². The maximum Gasteiger partial charge on any atom is 0.307 e. The lowest BCUT2D eigenvalue weighted by atomic mass is 9.96. The zero-order valence-corrected chi connectivity index (χ0v) is 11.3. The molecule has 0 heterocycles. The number of allylic oxidation sites excluding steroid dienone is 1. The SMILES string of the molecule is O=C(O)C(C/C=C\c1ccccc1)Cc1ccccc1. The zero-order chi connectivity index (χ0) is 14.2. The fourth-order valence-electron chi connectivity index (χ4n) is 2.10. The van der Waals surface area contributed by atoms with Gasteiger partial charge in [-0.2, -0.15) is 0 Å². The first-order valence-corrected chi connectivity index (χ1v) is 6.74. The van der Waals surface area contributed by atoms with Gasteiger partial charge in [-0.3, -0.25) is 4.79 Å². The van der Waals surface area contributed by atoms with Gasteiger partial charge in [-0.1, -0.05) is 72.8 Å². The standard InChI is InChI=1S/C18H18O2/c19-18(20)17(14-16-10-5-2-6-11-16)13-7-12-15-8-3-1-4-9-15/h1-12,17H,13-14H2,(H,19,20)/b12-7-. The molecular weight excluding hydrogens is 248 g/mol. The maximum absolute atomic E-state index is 11.3. The van der Waals surface area contributed by atoms with Gasteiger partial charge in [0, 0.05) is 0 Å². The highest BCUT2D eigenvalue weighted by Gasteiger charge is 2.16. The van der Waals surface area contributed by atoms with E-state index >= 15 is 0 Å². The Kier molecular flexibility index (Phi) is 5.13. The first kappa shape index (κ1) is 14.1. The second-order valence-corrected chi connectivity index (χ2v) is 4.77. The van der Waals surface area contributed by atoms with Crippen LogP contribution < -0.4 is 0 Å². The van der Waals surface area contributed by atoms with Crippen LogP contribution in [0.15, 0.2) is 66.7 Å². The quantitative estimate of drug-likeness (QED) is 0.857. The number of carboxylic acid groups (broad SMARTS) is 1. The van der Waals surface area contributed by atoms with Gasteiger partial charge < -0.3 is 5.11 Å². The summed E-state index contributed by atoms with van der Waals surface area (Å²) in [5, 5.41) is 9.30. The van der Waals surface area contributed by atoms with Crippen LogP contribution in [0.5, 0.6) is 0 Å². The third-order valence-electron chi connectivity index (χ3n) is 3.20. The van der Waals surface area contributed by atoms with E-state index in [1.807, 2.05) is 72.8 Å². The smallest absolute Gasteiger partial charge is 0.307 e. The summed E-state index contributed by atoms with van der Waals surface area (Å²) in [7, 11) is 0. The van der Waals surface area contributed by atoms with E-state index in [9.17, 15) is 9.90 Å². The molecule has 2 aromatic rings. The van der Waals surface area contributed by atoms with E-state index in [1.165, 1.54) is 0 Å². The van der Waals surface area contributed by atoms with Crippen LogP contribution in [0.1, 0.15) is 17.5 Å². The summed E-state index contributed by atoms with van der Waals surface area (Å²) in [6.07, 6.45) is 5.02. The average molecular weight is 266 g/mol. The summed E-state index contributed by atoms with van der Waals surface area (Å²) in [5.74, 6) is -1.12. The molecule has 2 rings (SSSR count). The third kappa shape index (κ3) is 4.39. The molecule has 0 aliphatic rings. The van der Waals surface area contributed by atoms with Crippen LogP contribution >= 0.6 is 0 Å². The molecule has 2 nitrogen and oxygen atoms in total. The molecule has 0 aliphatic heterocycles. The van der Waals surface area contributed by atoms with E-state index in [1.54, 1.807) is 0 Å². The van der Waals surface area contributed by atoms with E-state index in [0.29, 0.717) is 12.8 Å². The molecule has 102 valence electrons. The zero-order valence-electron chi connectivity index (χ0n) is 11.3. The molecule has 0 radical (unpaired) electrons. The minimum absolute atomic E-state index is 0.377. The molecule has 20 heavy (non-hydrogen) atoms. The highest BCUT2D eigenvalue weighted by atomic mass is 16.4. The maximum atomic E-state index is 11.3. The Bertz CT molecular complexity index is 558. The molecule has 0 bridgehead atoms. The summed E-state index contributed by atoms with van der Waals surface area (Å²) >= 11 is 0. The summed E-state index contributed by atoms with van der Waals surface area (Å²) in [6, 6.07) is 19.7. The number of benzene rings is 2. The highest BCUT2D eigenvalue weighted by Crippen LogP contribution is 2.14. The van der Waals surface area contributed by atoms with Crippen molar-refractivity contribution < 1.29 is 9.90 Å². The van der Waals surface area contributed by atoms with Crippen LogP contribution in [-0.2, 0) is 11.2 Å². The molecule has 0 fully saturated rings. The molecule has 2 aromatic carbocycles. The molecule has 1 atom stereocenters. The van der Waals surface area contributed by atoms with Gasteiger partial charge in [0.05, 0.1) is 5.92 Å². The predicted octanol–water partition coefficient (Wildman–Crippen LogP) is 4.03. The van der Waals surface area contributed by atoms with Gasteiger partial charge in [0.1, 0.15) is 0 Å². The molecule has 2 heteroatoms. The fourth-order valence-corrected chi connectivity index (χ4v) is 2.10. The van der Waals surface area contributed by atoms with Crippen LogP contribution in [0.4, 0.5) is 0 Å². The summed E-state index contributed by atoms with van der Waals surface area (Å²) in [5.41, 5.74) is 2.16. The normalized spacial score (nSPS) is 12.4. The molecule has 0 spiro atoms. The van der Waals surface area contributed by atoms with Gasteiger partial charge in [-0.05, 0) is 24.0 Å². The predicted molar refractivity (Wildman–Crippen MR) is 81.4 cm³/mol. The van der Waals surface area contributed by atoms with Crippen molar-refractivity contribution in [2.45, 2.75) is 12.8 Å². The molecule has 0 amide bonds. The van der Waals surface area contributed by atoms with Crippen molar-refractivity contribution in [3.05, 3.63) is 77.9 Å². The van der Waals surface area contributed by atoms with E-state index in [-0.39, 0.29) is 5.92 Å². The topological polar surface area (TPSA) is 37.3 Å². The van der Waals surface area contributed by atoms with Crippen LogP contribution in [0.25, 0.3) is 6.08 Å². The molecule has 0 aliphatic carbocycles. The third-order valence-corrected chi connectivity index (χ3v) is 3.20. The molecule has 1 N–H and O–H groups in total. The number of carbonyl (C=O) groups is 1. The summed E-state index contributed by atoms with van der Waals surface area (Å²) in [6.45, 7) is 0. The van der Waals surface area contributed by atoms with Crippen molar-refractivity contribution >= 4 is 12.0 Å². The monoisotopic (exact) mass is 266 g/mol. The molecule has 1 unspecified atom stereocenters. The van der Waals surface area contributed by atoms with E-state index in [4.69, 9.17) is 0 Å². The Morgan fingerprint density at radius 2 is 1.60 bits per heavy atom. The fraction of sp³-hybridized carbons (Fsp3) is 0.167. The molecule has 0 aromatic heterocycles. The Morgan fingerprint density at radius 3 is 2.20 bits per heavy atom. The van der Waals surface area contributed by atoms with Gasteiger partial charge >= 0.3 is 5.97 Å². The van der Waals surface area contributed by atoms with E-state index in [0.717, 1.165) is 11.1 Å². The molecule has 0 saturated heterocycles. The average Bonchev–Trinajstić information content (AvgIpc) is 2.48. The first-order chi connectivity index (χ1) is 9.75. The largest absolute Gasteiger partial charge is 0.481 e. The Balaban J connectivity index is 1.96. The van der Waals surface area contributed by atoms with Crippen molar-refractivity contribution in [3.8, 4) is 0 Å². The minimum Gasteiger partial charge on any atom is -0.481 e. The van der Waals surface area contributed by atoms with Gasteiger partial charge in [0.15, 0.2) is 0 Å². The molecular formula is C18H18O2. The van der Waals surface area contributed by atoms with Crippen LogP contribution in [0.3, 0.4) is 0 Å². The Morgan fingerprint density at radius 1 is 1.00 bits per heavy atom. The molecule has 0 saturated carbocycles. The second kappa shape index (κ2) is 7.29. The van der Waals surface area contributed by atoms with Crippen LogP contribution in [0, 0.1) is 5.92 Å². The lowest BCUT2D eigenvalue weighted by Gasteiger charge is -2.09. The van der Waals surface area contributed by atoms with Gasteiger partial charge in [0.2, 0.25) is 0 Å².